The van der Waals surface area contributed by atoms with Gasteiger partial charge in [0, 0.05) is 44.3 Å². The van der Waals surface area contributed by atoms with E-state index in [2.05, 4.69) is 12.2 Å². The molecule has 1 aromatic carbocycles. The fourth-order valence-corrected chi connectivity index (χ4v) is 5.68. The third-order valence-electron chi connectivity index (χ3n) is 5.88. The highest BCUT2D eigenvalue weighted by Gasteiger charge is 2.31. The highest BCUT2D eigenvalue weighted by atomic mass is 35.5. The molecule has 6 nitrogen and oxygen atoms in total. The van der Waals surface area contributed by atoms with Crippen molar-refractivity contribution < 1.29 is 13.2 Å². The van der Waals surface area contributed by atoms with Crippen molar-refractivity contribution in [1.82, 2.24) is 14.5 Å². The zero-order valence-corrected chi connectivity index (χ0v) is 18.8. The van der Waals surface area contributed by atoms with Gasteiger partial charge >= 0.3 is 0 Å². The molecule has 3 rings (SSSR count). The zero-order chi connectivity index (χ0) is 19.8. The van der Waals surface area contributed by atoms with Gasteiger partial charge in [0.15, 0.2) is 0 Å². The van der Waals surface area contributed by atoms with Crippen molar-refractivity contribution in [2.45, 2.75) is 51.5 Å². The summed E-state index contributed by atoms with van der Waals surface area (Å²) < 4.78 is 28.1. The standard InChI is InChI=1S/C20H31N3O3S.ClH/c1-14-5-8-23(9-6-14)27(25,26)19-12-18(11-15(2)17(19)4)20(24)22-10-7-21-16(3)13-22;/h11-12,14,16,21H,5-10,13H2,1-4H3;1H. The summed E-state index contributed by atoms with van der Waals surface area (Å²) in [5.74, 6) is 0.470. The topological polar surface area (TPSA) is 69.7 Å². The Hall–Kier alpha value is -1.15. The molecule has 0 bridgehead atoms. The van der Waals surface area contributed by atoms with E-state index in [0.29, 0.717) is 37.7 Å². The lowest BCUT2D eigenvalue weighted by molar-refractivity contribution is 0.0708. The van der Waals surface area contributed by atoms with Crippen LogP contribution in [0.5, 0.6) is 0 Å². The average molecular weight is 430 g/mol. The minimum Gasteiger partial charge on any atom is -0.336 e. The van der Waals surface area contributed by atoms with E-state index in [9.17, 15) is 13.2 Å². The van der Waals surface area contributed by atoms with Crippen LogP contribution in [0.4, 0.5) is 0 Å². The Morgan fingerprint density at radius 1 is 1.11 bits per heavy atom. The van der Waals surface area contributed by atoms with E-state index in [1.807, 2.05) is 31.7 Å². The molecular weight excluding hydrogens is 398 g/mol. The van der Waals surface area contributed by atoms with Crippen molar-refractivity contribution in [1.29, 1.82) is 0 Å². The molecule has 0 radical (unpaired) electrons. The van der Waals surface area contributed by atoms with Crippen LogP contribution in [0, 0.1) is 19.8 Å². The van der Waals surface area contributed by atoms with Gasteiger partial charge < -0.3 is 10.2 Å². The lowest BCUT2D eigenvalue weighted by Gasteiger charge is -2.32. The van der Waals surface area contributed by atoms with Gasteiger partial charge in [0.1, 0.15) is 0 Å². The largest absolute Gasteiger partial charge is 0.336 e. The summed E-state index contributed by atoms with van der Waals surface area (Å²) in [4.78, 5) is 15.1. The van der Waals surface area contributed by atoms with Gasteiger partial charge in [0.2, 0.25) is 10.0 Å². The molecule has 0 aromatic heterocycles. The number of nitrogens with one attached hydrogen (secondary N) is 1. The molecule has 2 heterocycles. The van der Waals surface area contributed by atoms with Gasteiger partial charge in [0.05, 0.1) is 4.90 Å². The van der Waals surface area contributed by atoms with Gasteiger partial charge in [-0.2, -0.15) is 4.31 Å². The van der Waals surface area contributed by atoms with Crippen LogP contribution < -0.4 is 5.32 Å². The summed E-state index contributed by atoms with van der Waals surface area (Å²) in [6.07, 6.45) is 1.77. The minimum atomic E-state index is -3.59. The van der Waals surface area contributed by atoms with Crippen LogP contribution in [0.2, 0.25) is 0 Å². The van der Waals surface area contributed by atoms with Gasteiger partial charge in [0.25, 0.3) is 5.91 Å². The Balaban J connectivity index is 0.00000280. The number of aryl methyl sites for hydroxylation is 1. The zero-order valence-electron chi connectivity index (χ0n) is 17.2. The van der Waals surface area contributed by atoms with Crippen molar-refractivity contribution in [2.24, 2.45) is 5.92 Å². The fraction of sp³-hybridized carbons (Fsp3) is 0.650. The van der Waals surface area contributed by atoms with E-state index < -0.39 is 10.0 Å². The van der Waals surface area contributed by atoms with E-state index in [1.54, 1.807) is 10.4 Å². The number of piperazine rings is 1. The Labute approximate surface area is 175 Å². The first-order valence-corrected chi connectivity index (χ1v) is 11.3. The Morgan fingerprint density at radius 3 is 2.36 bits per heavy atom. The van der Waals surface area contributed by atoms with E-state index in [1.165, 1.54) is 0 Å². The second-order valence-electron chi connectivity index (χ2n) is 8.11. The maximum absolute atomic E-state index is 13.3. The molecular formula is C20H32ClN3O3S. The summed E-state index contributed by atoms with van der Waals surface area (Å²) in [5.41, 5.74) is 2.04. The molecule has 1 aromatic rings. The van der Waals surface area contributed by atoms with Crippen LogP contribution in [0.1, 0.15) is 48.2 Å². The minimum absolute atomic E-state index is 0. The summed E-state index contributed by atoms with van der Waals surface area (Å²) >= 11 is 0. The number of piperidine rings is 1. The van der Waals surface area contributed by atoms with Crippen LogP contribution in [-0.4, -0.2) is 62.3 Å². The smallest absolute Gasteiger partial charge is 0.254 e. The molecule has 0 saturated carbocycles. The lowest BCUT2D eigenvalue weighted by Crippen LogP contribution is -2.51. The van der Waals surface area contributed by atoms with E-state index in [-0.39, 0.29) is 29.3 Å². The van der Waals surface area contributed by atoms with Crippen LogP contribution in [0.3, 0.4) is 0 Å². The van der Waals surface area contributed by atoms with Crippen LogP contribution in [0.25, 0.3) is 0 Å². The molecule has 28 heavy (non-hydrogen) atoms. The van der Waals surface area contributed by atoms with Crippen LogP contribution in [0.15, 0.2) is 17.0 Å². The molecule has 158 valence electrons. The number of sulfonamides is 1. The number of carbonyl (C=O) groups excluding carboxylic acids is 1. The molecule has 2 aliphatic rings. The highest BCUT2D eigenvalue weighted by molar-refractivity contribution is 7.89. The lowest BCUT2D eigenvalue weighted by atomic mass is 10.0. The van der Waals surface area contributed by atoms with Gasteiger partial charge in [-0.25, -0.2) is 8.42 Å². The predicted octanol–water partition coefficient (Wildman–Crippen LogP) is 2.58. The highest BCUT2D eigenvalue weighted by Crippen LogP contribution is 2.28. The van der Waals surface area contributed by atoms with Gasteiger partial charge in [-0.15, -0.1) is 12.4 Å². The fourth-order valence-electron chi connectivity index (χ4n) is 3.88. The molecule has 1 amide bonds. The normalized spacial score (nSPS) is 22.0. The first-order chi connectivity index (χ1) is 12.7. The van der Waals surface area contributed by atoms with Gasteiger partial charge in [-0.05, 0) is 62.8 Å². The molecule has 2 fully saturated rings. The third kappa shape index (κ3) is 4.70. The van der Waals surface area contributed by atoms with Crippen LogP contribution >= 0.6 is 12.4 Å². The molecule has 1 atom stereocenters. The molecule has 0 spiro atoms. The predicted molar refractivity (Wildman–Crippen MR) is 114 cm³/mol. The average Bonchev–Trinajstić information content (AvgIpc) is 2.63. The van der Waals surface area contributed by atoms with Gasteiger partial charge in [-0.1, -0.05) is 6.92 Å². The van der Waals surface area contributed by atoms with Crippen molar-refractivity contribution in [3.63, 3.8) is 0 Å². The maximum Gasteiger partial charge on any atom is 0.254 e. The number of hydrogen-bond donors (Lipinski definition) is 1. The Bertz CT molecular complexity index is 820. The second kappa shape index (κ2) is 9.11. The second-order valence-corrected chi connectivity index (χ2v) is 10.0. The number of rotatable bonds is 3. The summed E-state index contributed by atoms with van der Waals surface area (Å²) in [7, 11) is -3.59. The van der Waals surface area contributed by atoms with Crippen molar-refractivity contribution in [2.75, 3.05) is 32.7 Å². The quantitative estimate of drug-likeness (QED) is 0.801. The first kappa shape index (κ1) is 23.1. The molecule has 2 saturated heterocycles. The van der Waals surface area contributed by atoms with Gasteiger partial charge in [-0.3, -0.25) is 4.79 Å². The Morgan fingerprint density at radius 2 is 1.75 bits per heavy atom. The number of carbonyl (C=O) groups is 1. The summed E-state index contributed by atoms with van der Waals surface area (Å²) in [6, 6.07) is 3.65. The van der Waals surface area contributed by atoms with E-state index in [4.69, 9.17) is 0 Å². The Kier molecular flexibility index (Phi) is 7.53. The van der Waals surface area contributed by atoms with Crippen LogP contribution in [-0.2, 0) is 10.0 Å². The maximum atomic E-state index is 13.3. The molecule has 1 unspecified atom stereocenters. The molecule has 2 aliphatic heterocycles. The van der Waals surface area contributed by atoms with Crippen molar-refractivity contribution in [3.8, 4) is 0 Å². The monoisotopic (exact) mass is 429 g/mol. The molecule has 0 aliphatic carbocycles. The van der Waals surface area contributed by atoms with Crippen molar-refractivity contribution >= 4 is 28.3 Å². The number of hydrogen-bond acceptors (Lipinski definition) is 4. The summed E-state index contributed by atoms with van der Waals surface area (Å²) in [5, 5.41) is 3.32. The third-order valence-corrected chi connectivity index (χ3v) is 7.91. The summed E-state index contributed by atoms with van der Waals surface area (Å²) in [6.45, 7) is 11.1. The number of amides is 1. The number of halogens is 1. The van der Waals surface area contributed by atoms with E-state index >= 15 is 0 Å². The van der Waals surface area contributed by atoms with E-state index in [0.717, 1.165) is 30.5 Å². The first-order valence-electron chi connectivity index (χ1n) is 9.84. The van der Waals surface area contributed by atoms with Crippen molar-refractivity contribution in [3.05, 3.63) is 28.8 Å². The number of benzene rings is 1. The molecule has 1 N–H and O–H groups in total. The molecule has 8 heteroatoms. The number of nitrogens with zero attached hydrogens (tertiary/aromatic N) is 2. The SMILES string of the molecule is Cc1cc(C(=O)N2CCNC(C)C2)cc(S(=O)(=O)N2CCC(C)CC2)c1C.Cl.